The highest BCUT2D eigenvalue weighted by atomic mass is 35.5. The number of aromatic nitrogens is 2. The van der Waals surface area contributed by atoms with Crippen LogP contribution in [0.3, 0.4) is 0 Å². The van der Waals surface area contributed by atoms with Gasteiger partial charge in [-0.05, 0) is 49.6 Å². The molecule has 0 spiro atoms. The summed E-state index contributed by atoms with van der Waals surface area (Å²) < 4.78 is 3.22. The van der Waals surface area contributed by atoms with Gasteiger partial charge in [-0.3, -0.25) is 9.13 Å². The van der Waals surface area contributed by atoms with Crippen molar-refractivity contribution in [1.82, 2.24) is 9.13 Å². The van der Waals surface area contributed by atoms with Crippen LogP contribution in [0.1, 0.15) is 18.4 Å². The maximum absolute atomic E-state index is 12.7. The molecule has 4 rings (SSSR count). The molecule has 1 aromatic heterocycles. The van der Waals surface area contributed by atoms with E-state index in [0.717, 1.165) is 48.2 Å². The first kappa shape index (κ1) is 19.4. The van der Waals surface area contributed by atoms with Crippen LogP contribution in [-0.2, 0) is 14.1 Å². The predicted octanol–water partition coefficient (Wildman–Crippen LogP) is 4.08. The molecule has 152 valence electrons. The minimum Gasteiger partial charge on any atom is -0.370 e. The third-order valence-electron chi connectivity index (χ3n) is 5.46. The van der Waals surface area contributed by atoms with Gasteiger partial charge in [-0.15, -0.1) is 0 Å². The Morgan fingerprint density at radius 1 is 0.966 bits per heavy atom. The van der Waals surface area contributed by atoms with Gasteiger partial charge >= 0.3 is 11.7 Å². The summed E-state index contributed by atoms with van der Waals surface area (Å²) in [6.07, 6.45) is 2.22. The lowest BCUT2D eigenvalue weighted by molar-refractivity contribution is 0.262. The van der Waals surface area contributed by atoms with Gasteiger partial charge in [-0.1, -0.05) is 17.7 Å². The van der Waals surface area contributed by atoms with Crippen molar-refractivity contribution in [3.05, 3.63) is 51.4 Å². The van der Waals surface area contributed by atoms with E-state index in [1.807, 2.05) is 25.1 Å². The molecule has 1 aliphatic heterocycles. The summed E-state index contributed by atoms with van der Waals surface area (Å²) in [5.41, 5.74) is 4.66. The lowest BCUT2D eigenvalue weighted by atomic mass is 10.2. The molecule has 2 N–H and O–H groups in total. The fourth-order valence-electron chi connectivity index (χ4n) is 3.85. The lowest BCUT2D eigenvalue weighted by Gasteiger charge is -2.22. The average Bonchev–Trinajstić information content (AvgIpc) is 3.28. The van der Waals surface area contributed by atoms with Crippen molar-refractivity contribution in [1.29, 1.82) is 0 Å². The molecule has 2 amide bonds. The van der Waals surface area contributed by atoms with Crippen LogP contribution < -0.4 is 21.2 Å². The summed E-state index contributed by atoms with van der Waals surface area (Å²) in [5.74, 6) is 0. The van der Waals surface area contributed by atoms with Crippen molar-refractivity contribution in [3.8, 4) is 0 Å². The molecule has 0 unspecified atom stereocenters. The summed E-state index contributed by atoms with van der Waals surface area (Å²) in [6.45, 7) is 3.79. The number of nitrogens with zero attached hydrogens (tertiary/aromatic N) is 3. The first-order chi connectivity index (χ1) is 13.8. The van der Waals surface area contributed by atoms with Crippen molar-refractivity contribution in [2.24, 2.45) is 14.1 Å². The Morgan fingerprint density at radius 2 is 1.59 bits per heavy atom. The van der Waals surface area contributed by atoms with Gasteiger partial charge in [0.1, 0.15) is 0 Å². The van der Waals surface area contributed by atoms with Crippen molar-refractivity contribution < 1.29 is 4.79 Å². The van der Waals surface area contributed by atoms with Crippen LogP contribution >= 0.6 is 11.6 Å². The molecule has 2 heterocycles. The number of imidazole rings is 1. The molecule has 0 radical (unpaired) electrons. The second kappa shape index (κ2) is 7.48. The van der Waals surface area contributed by atoms with Gasteiger partial charge in [0.25, 0.3) is 0 Å². The number of amides is 2. The van der Waals surface area contributed by atoms with Gasteiger partial charge in [-0.2, -0.15) is 0 Å². The van der Waals surface area contributed by atoms with E-state index in [-0.39, 0.29) is 11.7 Å². The maximum atomic E-state index is 12.7. The van der Waals surface area contributed by atoms with E-state index in [1.54, 1.807) is 35.4 Å². The Labute approximate surface area is 173 Å². The molecule has 0 atom stereocenters. The third-order valence-corrected chi connectivity index (χ3v) is 5.77. The van der Waals surface area contributed by atoms with Crippen molar-refractivity contribution in [2.75, 3.05) is 28.6 Å². The Kier molecular flexibility index (Phi) is 5.00. The van der Waals surface area contributed by atoms with Gasteiger partial charge in [0, 0.05) is 27.2 Å². The van der Waals surface area contributed by atoms with E-state index in [2.05, 4.69) is 15.5 Å². The zero-order valence-corrected chi connectivity index (χ0v) is 17.5. The minimum atomic E-state index is -0.378. The number of fused-ring (bicyclic) bond motifs is 1. The SMILES string of the molecule is Cc1ccc(NC(=O)Nc2cc3c(cc2N2CCCC2)n(C)c(=O)n3C)c(Cl)c1. The Hall–Kier alpha value is -2.93. The van der Waals surface area contributed by atoms with E-state index in [4.69, 9.17) is 11.6 Å². The first-order valence-corrected chi connectivity index (χ1v) is 10.0. The normalized spacial score (nSPS) is 13.9. The van der Waals surface area contributed by atoms with Gasteiger partial charge in [0.15, 0.2) is 0 Å². The zero-order valence-electron chi connectivity index (χ0n) is 16.8. The second-order valence-electron chi connectivity index (χ2n) is 7.52. The summed E-state index contributed by atoms with van der Waals surface area (Å²) in [6, 6.07) is 8.94. The van der Waals surface area contributed by atoms with E-state index >= 15 is 0 Å². The lowest BCUT2D eigenvalue weighted by Crippen LogP contribution is -2.24. The molecule has 2 aromatic carbocycles. The summed E-state index contributed by atoms with van der Waals surface area (Å²) in [7, 11) is 3.49. The van der Waals surface area contributed by atoms with Crippen molar-refractivity contribution >= 4 is 45.7 Å². The molecule has 7 nitrogen and oxygen atoms in total. The second-order valence-corrected chi connectivity index (χ2v) is 7.92. The number of carbonyl (C=O) groups is 1. The van der Waals surface area contributed by atoms with E-state index in [1.165, 1.54) is 0 Å². The first-order valence-electron chi connectivity index (χ1n) is 9.63. The van der Waals surface area contributed by atoms with Crippen molar-refractivity contribution in [3.63, 3.8) is 0 Å². The molecule has 3 aromatic rings. The molecule has 8 heteroatoms. The molecular formula is C21H24ClN5O2. The van der Waals surface area contributed by atoms with Crippen LogP contribution in [0, 0.1) is 6.92 Å². The number of benzene rings is 2. The van der Waals surface area contributed by atoms with Crippen LogP contribution in [0.15, 0.2) is 35.1 Å². The van der Waals surface area contributed by atoms with Crippen LogP contribution in [0.25, 0.3) is 11.0 Å². The molecule has 0 aliphatic carbocycles. The largest absolute Gasteiger partial charge is 0.370 e. The quantitative estimate of drug-likeness (QED) is 0.679. The smallest absolute Gasteiger partial charge is 0.328 e. The highest BCUT2D eigenvalue weighted by Gasteiger charge is 2.20. The van der Waals surface area contributed by atoms with Gasteiger partial charge in [-0.25, -0.2) is 9.59 Å². The number of nitrogens with one attached hydrogen (secondary N) is 2. The van der Waals surface area contributed by atoms with E-state index in [9.17, 15) is 9.59 Å². The highest BCUT2D eigenvalue weighted by molar-refractivity contribution is 6.33. The predicted molar refractivity (Wildman–Crippen MR) is 118 cm³/mol. The zero-order chi connectivity index (χ0) is 20.7. The third kappa shape index (κ3) is 3.58. The molecule has 0 saturated carbocycles. The van der Waals surface area contributed by atoms with Gasteiger partial charge < -0.3 is 15.5 Å². The molecule has 1 fully saturated rings. The summed E-state index contributed by atoms with van der Waals surface area (Å²) in [4.78, 5) is 27.3. The highest BCUT2D eigenvalue weighted by Crippen LogP contribution is 2.33. The standard InChI is InChI=1S/C21H24ClN5O2/c1-13-6-7-15(14(22)10-13)23-20(28)24-16-11-18-19(26(3)21(29)25(18)2)12-17(16)27-8-4-5-9-27/h6-7,10-12H,4-5,8-9H2,1-3H3,(H2,23,24,28). The van der Waals surface area contributed by atoms with E-state index < -0.39 is 0 Å². The van der Waals surface area contributed by atoms with Crippen LogP contribution in [0.2, 0.25) is 5.02 Å². The number of halogens is 1. The minimum absolute atomic E-state index is 0.0968. The monoisotopic (exact) mass is 413 g/mol. The van der Waals surface area contributed by atoms with Crippen LogP contribution in [0.4, 0.5) is 21.9 Å². The van der Waals surface area contributed by atoms with Crippen LogP contribution in [-0.4, -0.2) is 28.3 Å². The summed E-state index contributed by atoms with van der Waals surface area (Å²) in [5, 5.41) is 6.25. The topological polar surface area (TPSA) is 71.3 Å². The Bertz CT molecular complexity index is 1160. The van der Waals surface area contributed by atoms with E-state index in [0.29, 0.717) is 16.4 Å². The summed E-state index contributed by atoms with van der Waals surface area (Å²) >= 11 is 6.24. The number of rotatable bonds is 3. The molecule has 0 bridgehead atoms. The molecule has 1 saturated heterocycles. The maximum Gasteiger partial charge on any atom is 0.328 e. The van der Waals surface area contributed by atoms with Crippen molar-refractivity contribution in [2.45, 2.75) is 19.8 Å². The number of carbonyl (C=O) groups excluding carboxylic acids is 1. The number of aryl methyl sites for hydroxylation is 3. The Balaban J connectivity index is 1.71. The number of anilines is 3. The van der Waals surface area contributed by atoms with Gasteiger partial charge in [0.2, 0.25) is 0 Å². The van der Waals surface area contributed by atoms with Gasteiger partial charge in [0.05, 0.1) is 33.1 Å². The number of hydrogen-bond donors (Lipinski definition) is 2. The fourth-order valence-corrected chi connectivity index (χ4v) is 4.13. The molecular weight excluding hydrogens is 390 g/mol. The molecule has 29 heavy (non-hydrogen) atoms. The fraction of sp³-hybridized carbons (Fsp3) is 0.333. The molecule has 1 aliphatic rings. The number of urea groups is 1. The number of hydrogen-bond acceptors (Lipinski definition) is 3. The average molecular weight is 414 g/mol. The Morgan fingerprint density at radius 3 is 2.24 bits per heavy atom. The van der Waals surface area contributed by atoms with Crippen LogP contribution in [0.5, 0.6) is 0 Å².